The molecule has 0 unspecified atom stereocenters. The van der Waals surface area contributed by atoms with Crippen LogP contribution in [0.2, 0.25) is 0 Å². The molecule has 0 N–H and O–H groups in total. The highest BCUT2D eigenvalue weighted by atomic mass is 35.5. The maximum absolute atomic E-state index is 6.11. The van der Waals surface area contributed by atoms with Crippen molar-refractivity contribution in [1.82, 2.24) is 4.98 Å². The summed E-state index contributed by atoms with van der Waals surface area (Å²) in [7, 11) is 0. The van der Waals surface area contributed by atoms with E-state index in [1.165, 1.54) is 24.0 Å². The summed E-state index contributed by atoms with van der Waals surface area (Å²) in [6.45, 7) is 11.0. The molecule has 0 aliphatic carbocycles. The fourth-order valence-corrected chi connectivity index (χ4v) is 3.20. The average molecular weight is 267 g/mol. The zero-order valence-electron chi connectivity index (χ0n) is 11.9. The third kappa shape index (κ3) is 2.80. The van der Waals surface area contributed by atoms with Crippen LogP contribution in [0, 0.1) is 19.3 Å². The molecule has 1 aromatic heterocycles. The van der Waals surface area contributed by atoms with E-state index in [-0.39, 0.29) is 0 Å². The highest BCUT2D eigenvalue weighted by molar-refractivity contribution is 6.17. The molecule has 0 radical (unpaired) electrons. The number of pyridine rings is 1. The van der Waals surface area contributed by atoms with Crippen LogP contribution in [0.1, 0.15) is 43.5 Å². The lowest BCUT2D eigenvalue weighted by Gasteiger charge is -2.39. The van der Waals surface area contributed by atoms with Crippen LogP contribution in [0.15, 0.2) is 6.07 Å². The van der Waals surface area contributed by atoms with E-state index in [1.54, 1.807) is 0 Å². The minimum Gasteiger partial charge on any atom is -0.356 e. The minimum atomic E-state index is 0.376. The van der Waals surface area contributed by atoms with Gasteiger partial charge in [-0.05, 0) is 43.7 Å². The van der Waals surface area contributed by atoms with Gasteiger partial charge in [0.05, 0.1) is 5.88 Å². The van der Waals surface area contributed by atoms with Crippen molar-refractivity contribution < 1.29 is 0 Å². The SMILES string of the molecule is Cc1cc(C)c(CCl)c(N2CCCC(C)(C)C2)n1. The molecule has 2 heterocycles. The van der Waals surface area contributed by atoms with Crippen LogP contribution in [0.5, 0.6) is 0 Å². The first-order valence-corrected chi connectivity index (χ1v) is 7.24. The second-order valence-corrected chi connectivity index (χ2v) is 6.47. The second kappa shape index (κ2) is 5.08. The van der Waals surface area contributed by atoms with Gasteiger partial charge < -0.3 is 4.90 Å². The molecule has 3 heteroatoms. The molecule has 2 nitrogen and oxygen atoms in total. The zero-order valence-corrected chi connectivity index (χ0v) is 12.6. The first-order chi connectivity index (χ1) is 8.43. The zero-order chi connectivity index (χ0) is 13.3. The van der Waals surface area contributed by atoms with Gasteiger partial charge in [-0.15, -0.1) is 11.6 Å². The van der Waals surface area contributed by atoms with Crippen LogP contribution in [0.3, 0.4) is 0 Å². The van der Waals surface area contributed by atoms with Crippen LogP contribution in [-0.4, -0.2) is 18.1 Å². The van der Waals surface area contributed by atoms with Crippen LogP contribution in [0.4, 0.5) is 5.82 Å². The van der Waals surface area contributed by atoms with E-state index in [0.29, 0.717) is 11.3 Å². The highest BCUT2D eigenvalue weighted by Gasteiger charge is 2.28. The molecule has 1 fully saturated rings. The maximum atomic E-state index is 6.11. The molecule has 18 heavy (non-hydrogen) atoms. The Hall–Kier alpha value is -0.760. The highest BCUT2D eigenvalue weighted by Crippen LogP contribution is 2.33. The Morgan fingerprint density at radius 1 is 1.39 bits per heavy atom. The van der Waals surface area contributed by atoms with Gasteiger partial charge in [0.15, 0.2) is 0 Å². The molecule has 0 spiro atoms. The number of rotatable bonds is 2. The molecule has 1 aliphatic rings. The number of hydrogen-bond donors (Lipinski definition) is 0. The van der Waals surface area contributed by atoms with Crippen LogP contribution >= 0.6 is 11.6 Å². The topological polar surface area (TPSA) is 16.1 Å². The first-order valence-electron chi connectivity index (χ1n) is 6.71. The van der Waals surface area contributed by atoms with Crippen molar-refractivity contribution in [2.24, 2.45) is 5.41 Å². The summed E-state index contributed by atoms with van der Waals surface area (Å²) in [6, 6.07) is 2.12. The smallest absolute Gasteiger partial charge is 0.133 e. The second-order valence-electron chi connectivity index (χ2n) is 6.21. The number of nitrogens with zero attached hydrogens (tertiary/aromatic N) is 2. The van der Waals surface area contributed by atoms with Crippen LogP contribution in [0.25, 0.3) is 0 Å². The number of halogens is 1. The van der Waals surface area contributed by atoms with Gasteiger partial charge in [-0.2, -0.15) is 0 Å². The van der Waals surface area contributed by atoms with E-state index >= 15 is 0 Å². The summed E-state index contributed by atoms with van der Waals surface area (Å²) >= 11 is 6.11. The van der Waals surface area contributed by atoms with E-state index < -0.39 is 0 Å². The van der Waals surface area contributed by atoms with Gasteiger partial charge in [0.1, 0.15) is 5.82 Å². The van der Waals surface area contributed by atoms with Crippen molar-refractivity contribution in [1.29, 1.82) is 0 Å². The van der Waals surface area contributed by atoms with Crippen LogP contribution < -0.4 is 4.90 Å². The molecule has 0 atom stereocenters. The number of aromatic nitrogens is 1. The third-order valence-electron chi connectivity index (χ3n) is 3.79. The average Bonchev–Trinajstić information content (AvgIpc) is 2.26. The number of piperidine rings is 1. The van der Waals surface area contributed by atoms with Gasteiger partial charge in [-0.1, -0.05) is 13.8 Å². The number of aryl methyl sites for hydroxylation is 2. The van der Waals surface area contributed by atoms with E-state index in [2.05, 4.69) is 38.7 Å². The fraction of sp³-hybridized carbons (Fsp3) is 0.667. The Kier molecular flexibility index (Phi) is 3.86. The predicted octanol–water partition coefficient (Wildman–Crippen LogP) is 4.06. The van der Waals surface area contributed by atoms with E-state index in [1.807, 2.05) is 0 Å². The maximum Gasteiger partial charge on any atom is 0.133 e. The van der Waals surface area contributed by atoms with Gasteiger partial charge >= 0.3 is 0 Å². The molecule has 0 amide bonds. The molecule has 0 aromatic carbocycles. The van der Waals surface area contributed by atoms with E-state index in [9.17, 15) is 0 Å². The minimum absolute atomic E-state index is 0.376. The largest absolute Gasteiger partial charge is 0.356 e. The van der Waals surface area contributed by atoms with Crippen molar-refractivity contribution in [3.63, 3.8) is 0 Å². The summed E-state index contributed by atoms with van der Waals surface area (Å²) in [5, 5.41) is 0. The number of anilines is 1. The number of hydrogen-bond acceptors (Lipinski definition) is 2. The molecule has 100 valence electrons. The predicted molar refractivity (Wildman–Crippen MR) is 78.5 cm³/mol. The summed E-state index contributed by atoms with van der Waals surface area (Å²) in [4.78, 5) is 7.15. The van der Waals surface area contributed by atoms with E-state index in [0.717, 1.165) is 24.6 Å². The lowest BCUT2D eigenvalue weighted by atomic mass is 9.84. The summed E-state index contributed by atoms with van der Waals surface area (Å²) in [6.07, 6.45) is 2.54. The van der Waals surface area contributed by atoms with Crippen molar-refractivity contribution in [3.05, 3.63) is 22.9 Å². The Labute approximate surface area is 115 Å². The Balaban J connectivity index is 2.37. The molecule has 1 aliphatic heterocycles. The molecule has 0 saturated carbocycles. The molecule has 0 bridgehead atoms. The molecular formula is C15H23ClN2. The van der Waals surface area contributed by atoms with Crippen molar-refractivity contribution in [2.45, 2.75) is 46.4 Å². The fourth-order valence-electron chi connectivity index (χ4n) is 2.87. The van der Waals surface area contributed by atoms with Gasteiger partial charge in [-0.3, -0.25) is 0 Å². The van der Waals surface area contributed by atoms with E-state index in [4.69, 9.17) is 16.6 Å². The summed E-state index contributed by atoms with van der Waals surface area (Å²) < 4.78 is 0. The third-order valence-corrected chi connectivity index (χ3v) is 4.05. The first kappa shape index (κ1) is 13.7. The Morgan fingerprint density at radius 2 is 2.11 bits per heavy atom. The number of alkyl halides is 1. The van der Waals surface area contributed by atoms with Gasteiger partial charge in [0.25, 0.3) is 0 Å². The standard InChI is InChI=1S/C15H23ClN2/c1-11-8-12(2)17-14(13(11)9-16)18-7-5-6-15(3,4)10-18/h8H,5-7,9-10H2,1-4H3. The lowest BCUT2D eigenvalue weighted by Crippen LogP contribution is -2.41. The van der Waals surface area contributed by atoms with Crippen molar-refractivity contribution in [2.75, 3.05) is 18.0 Å². The van der Waals surface area contributed by atoms with Crippen LogP contribution in [-0.2, 0) is 5.88 Å². The van der Waals surface area contributed by atoms with Crippen molar-refractivity contribution in [3.8, 4) is 0 Å². The molecule has 1 aromatic rings. The van der Waals surface area contributed by atoms with Crippen molar-refractivity contribution >= 4 is 17.4 Å². The van der Waals surface area contributed by atoms with Gasteiger partial charge in [-0.25, -0.2) is 4.98 Å². The molecule has 2 rings (SSSR count). The lowest BCUT2D eigenvalue weighted by molar-refractivity contribution is 0.292. The van der Waals surface area contributed by atoms with Gasteiger partial charge in [0, 0.05) is 24.3 Å². The normalized spacial score (nSPS) is 19.1. The quantitative estimate of drug-likeness (QED) is 0.751. The summed E-state index contributed by atoms with van der Waals surface area (Å²) in [5.74, 6) is 1.65. The Bertz CT molecular complexity index is 440. The molecule has 1 saturated heterocycles. The molecular weight excluding hydrogens is 244 g/mol. The monoisotopic (exact) mass is 266 g/mol. The Morgan fingerprint density at radius 3 is 2.72 bits per heavy atom. The summed E-state index contributed by atoms with van der Waals surface area (Å²) in [5.41, 5.74) is 3.91. The van der Waals surface area contributed by atoms with Gasteiger partial charge in [0.2, 0.25) is 0 Å².